The number of H-pyrrole nitrogens is 1. The fraction of sp³-hybridized carbons (Fsp3) is 0.308. The standard InChI is InChI=1S/C13H14N2O2/c16-11-5-4-9(6-12(11)17)10-7-14-13(15-10)8-2-1-3-8/h4-8,16-17H,1-3H2,(H,14,15). The molecule has 4 heteroatoms. The number of nitrogens with zero attached hydrogens (tertiary/aromatic N) is 1. The molecule has 0 unspecified atom stereocenters. The van der Waals surface area contributed by atoms with Crippen LogP contribution in [0.4, 0.5) is 0 Å². The minimum atomic E-state index is -0.109. The van der Waals surface area contributed by atoms with Crippen molar-refractivity contribution in [1.82, 2.24) is 9.97 Å². The van der Waals surface area contributed by atoms with Crippen LogP contribution in [0.5, 0.6) is 11.5 Å². The van der Waals surface area contributed by atoms with Crippen LogP contribution in [0.25, 0.3) is 11.3 Å². The van der Waals surface area contributed by atoms with Crippen molar-refractivity contribution in [3.8, 4) is 22.8 Å². The fourth-order valence-electron chi connectivity index (χ4n) is 2.06. The van der Waals surface area contributed by atoms with Gasteiger partial charge in [0.2, 0.25) is 0 Å². The number of nitrogens with one attached hydrogen (secondary N) is 1. The number of aromatic hydroxyl groups is 2. The van der Waals surface area contributed by atoms with E-state index in [4.69, 9.17) is 0 Å². The van der Waals surface area contributed by atoms with Gasteiger partial charge in [0.15, 0.2) is 11.5 Å². The van der Waals surface area contributed by atoms with Crippen LogP contribution in [0.3, 0.4) is 0 Å². The van der Waals surface area contributed by atoms with Gasteiger partial charge in [-0.1, -0.05) is 6.42 Å². The minimum absolute atomic E-state index is 0.104. The van der Waals surface area contributed by atoms with Crippen molar-refractivity contribution in [3.63, 3.8) is 0 Å². The van der Waals surface area contributed by atoms with Gasteiger partial charge in [0, 0.05) is 11.5 Å². The van der Waals surface area contributed by atoms with E-state index in [1.165, 1.54) is 31.4 Å². The molecule has 0 radical (unpaired) electrons. The first kappa shape index (κ1) is 10.2. The summed E-state index contributed by atoms with van der Waals surface area (Å²) in [7, 11) is 0. The maximum absolute atomic E-state index is 9.45. The molecular weight excluding hydrogens is 216 g/mol. The lowest BCUT2D eigenvalue weighted by molar-refractivity contribution is 0.403. The van der Waals surface area contributed by atoms with E-state index in [0.717, 1.165) is 17.1 Å². The zero-order chi connectivity index (χ0) is 11.8. The van der Waals surface area contributed by atoms with Crippen molar-refractivity contribution in [2.75, 3.05) is 0 Å². The summed E-state index contributed by atoms with van der Waals surface area (Å²) in [5.74, 6) is 1.38. The summed E-state index contributed by atoms with van der Waals surface area (Å²) >= 11 is 0. The van der Waals surface area contributed by atoms with Gasteiger partial charge in [0.05, 0.1) is 11.9 Å². The van der Waals surface area contributed by atoms with Crippen molar-refractivity contribution in [2.24, 2.45) is 0 Å². The number of hydrogen-bond acceptors (Lipinski definition) is 3. The zero-order valence-corrected chi connectivity index (χ0v) is 9.35. The number of hydrogen-bond donors (Lipinski definition) is 3. The van der Waals surface area contributed by atoms with Crippen LogP contribution in [-0.2, 0) is 0 Å². The van der Waals surface area contributed by atoms with Crippen LogP contribution in [0.15, 0.2) is 24.4 Å². The molecule has 0 saturated heterocycles. The molecule has 3 N–H and O–H groups in total. The Labute approximate surface area is 99.0 Å². The Hall–Kier alpha value is -1.97. The Morgan fingerprint density at radius 2 is 2.00 bits per heavy atom. The number of phenolic OH excluding ortho intramolecular Hbond substituents is 2. The third-order valence-electron chi connectivity index (χ3n) is 3.37. The highest BCUT2D eigenvalue weighted by atomic mass is 16.3. The number of aromatic amines is 1. The van der Waals surface area contributed by atoms with E-state index < -0.39 is 0 Å². The highest BCUT2D eigenvalue weighted by Crippen LogP contribution is 2.36. The Bertz CT molecular complexity index is 544. The van der Waals surface area contributed by atoms with Crippen LogP contribution in [0, 0.1) is 0 Å². The van der Waals surface area contributed by atoms with Crippen LogP contribution in [-0.4, -0.2) is 20.2 Å². The van der Waals surface area contributed by atoms with Gasteiger partial charge < -0.3 is 15.2 Å². The quantitative estimate of drug-likeness (QED) is 0.695. The largest absolute Gasteiger partial charge is 0.504 e. The number of phenols is 2. The third-order valence-corrected chi connectivity index (χ3v) is 3.37. The molecule has 88 valence electrons. The Balaban J connectivity index is 1.92. The van der Waals surface area contributed by atoms with Gasteiger partial charge in [-0.15, -0.1) is 0 Å². The van der Waals surface area contributed by atoms with E-state index >= 15 is 0 Å². The predicted octanol–water partition coefficient (Wildman–Crippen LogP) is 2.76. The molecule has 1 fully saturated rings. The van der Waals surface area contributed by atoms with Crippen molar-refractivity contribution in [3.05, 3.63) is 30.2 Å². The molecule has 4 nitrogen and oxygen atoms in total. The number of aromatic nitrogens is 2. The predicted molar refractivity (Wildman–Crippen MR) is 63.9 cm³/mol. The Morgan fingerprint density at radius 3 is 2.65 bits per heavy atom. The second-order valence-electron chi connectivity index (χ2n) is 4.51. The van der Waals surface area contributed by atoms with E-state index in [2.05, 4.69) is 9.97 Å². The Kier molecular flexibility index (Phi) is 2.28. The first-order valence-electron chi connectivity index (χ1n) is 5.81. The number of rotatable bonds is 2. The summed E-state index contributed by atoms with van der Waals surface area (Å²) in [4.78, 5) is 7.64. The second kappa shape index (κ2) is 3.80. The molecule has 1 aromatic heterocycles. The van der Waals surface area contributed by atoms with Gasteiger partial charge in [-0.25, -0.2) is 4.98 Å². The third kappa shape index (κ3) is 1.75. The summed E-state index contributed by atoms with van der Waals surface area (Å²) < 4.78 is 0. The highest BCUT2D eigenvalue weighted by Gasteiger charge is 2.22. The molecule has 0 aliphatic heterocycles. The molecule has 1 heterocycles. The summed E-state index contributed by atoms with van der Waals surface area (Å²) in [5.41, 5.74) is 1.71. The smallest absolute Gasteiger partial charge is 0.158 e. The first-order chi connectivity index (χ1) is 8.24. The van der Waals surface area contributed by atoms with Crippen LogP contribution >= 0.6 is 0 Å². The van der Waals surface area contributed by atoms with E-state index in [0.29, 0.717) is 5.92 Å². The molecule has 17 heavy (non-hydrogen) atoms. The lowest BCUT2D eigenvalue weighted by Crippen LogP contribution is -2.10. The molecule has 1 aliphatic carbocycles. The van der Waals surface area contributed by atoms with Gasteiger partial charge in [0.25, 0.3) is 0 Å². The van der Waals surface area contributed by atoms with Gasteiger partial charge in [-0.2, -0.15) is 0 Å². The van der Waals surface area contributed by atoms with Crippen LogP contribution in [0.2, 0.25) is 0 Å². The lowest BCUT2D eigenvalue weighted by atomic mass is 9.85. The average Bonchev–Trinajstić information content (AvgIpc) is 2.69. The summed E-state index contributed by atoms with van der Waals surface area (Å²) in [6.45, 7) is 0. The molecule has 1 saturated carbocycles. The zero-order valence-electron chi connectivity index (χ0n) is 9.35. The molecule has 0 amide bonds. The minimum Gasteiger partial charge on any atom is -0.504 e. The molecule has 1 aliphatic rings. The van der Waals surface area contributed by atoms with Crippen molar-refractivity contribution in [1.29, 1.82) is 0 Å². The fourth-order valence-corrected chi connectivity index (χ4v) is 2.06. The summed E-state index contributed by atoms with van der Waals surface area (Å²) in [6, 6.07) is 4.77. The average molecular weight is 230 g/mol. The van der Waals surface area contributed by atoms with E-state index in [1.54, 1.807) is 12.3 Å². The van der Waals surface area contributed by atoms with Gasteiger partial charge in [-0.05, 0) is 31.0 Å². The molecular formula is C13H14N2O2. The van der Waals surface area contributed by atoms with Crippen molar-refractivity contribution >= 4 is 0 Å². The van der Waals surface area contributed by atoms with Crippen LogP contribution in [0.1, 0.15) is 31.0 Å². The number of benzene rings is 1. The molecule has 3 rings (SSSR count). The summed E-state index contributed by atoms with van der Waals surface area (Å²) in [6.07, 6.45) is 5.46. The first-order valence-corrected chi connectivity index (χ1v) is 5.81. The molecule has 0 spiro atoms. The van der Waals surface area contributed by atoms with Crippen molar-refractivity contribution < 1.29 is 10.2 Å². The monoisotopic (exact) mass is 230 g/mol. The second-order valence-corrected chi connectivity index (χ2v) is 4.51. The van der Waals surface area contributed by atoms with Gasteiger partial charge in [-0.3, -0.25) is 0 Å². The van der Waals surface area contributed by atoms with E-state index in [1.807, 2.05) is 0 Å². The SMILES string of the molecule is Oc1ccc(-c2cnc(C3CCC3)[nH]2)cc1O. The topological polar surface area (TPSA) is 69.1 Å². The molecule has 2 aromatic rings. The van der Waals surface area contributed by atoms with E-state index in [-0.39, 0.29) is 11.5 Å². The highest BCUT2D eigenvalue weighted by molar-refractivity contribution is 5.63. The molecule has 1 aromatic carbocycles. The maximum Gasteiger partial charge on any atom is 0.158 e. The van der Waals surface area contributed by atoms with Gasteiger partial charge in [0.1, 0.15) is 5.82 Å². The maximum atomic E-state index is 9.45. The lowest BCUT2D eigenvalue weighted by Gasteiger charge is -2.22. The van der Waals surface area contributed by atoms with Gasteiger partial charge >= 0.3 is 0 Å². The summed E-state index contributed by atoms with van der Waals surface area (Å²) in [5, 5.41) is 18.7. The van der Waals surface area contributed by atoms with Crippen molar-refractivity contribution in [2.45, 2.75) is 25.2 Å². The molecule has 0 atom stereocenters. The normalized spacial score (nSPS) is 15.8. The van der Waals surface area contributed by atoms with Crippen LogP contribution < -0.4 is 0 Å². The molecule has 0 bridgehead atoms. The number of imidazole rings is 1. The Morgan fingerprint density at radius 1 is 1.18 bits per heavy atom. The van der Waals surface area contributed by atoms with E-state index in [9.17, 15) is 10.2 Å².